The van der Waals surface area contributed by atoms with Gasteiger partial charge in [0.05, 0.1) is 10.5 Å². The number of nitro benzene ring substituents is 1. The second-order valence-corrected chi connectivity index (χ2v) is 5.26. The monoisotopic (exact) mass is 360 g/mol. The number of carbonyl (C=O) groups excluding carboxylic acids is 2. The molecule has 0 aliphatic rings. The van der Waals surface area contributed by atoms with Gasteiger partial charge in [-0.3, -0.25) is 19.7 Å². The molecule has 0 spiro atoms. The highest BCUT2D eigenvalue weighted by atomic mass is 19.1. The summed E-state index contributed by atoms with van der Waals surface area (Å²) in [6, 6.07) is 9.03. The summed E-state index contributed by atoms with van der Waals surface area (Å²) in [5, 5.41) is 18.9. The summed E-state index contributed by atoms with van der Waals surface area (Å²) >= 11 is 0. The van der Waals surface area contributed by atoms with Crippen LogP contribution in [-0.2, 0) is 0 Å². The van der Waals surface area contributed by atoms with Crippen molar-refractivity contribution in [3.8, 4) is 0 Å². The van der Waals surface area contributed by atoms with Crippen molar-refractivity contribution in [3.63, 3.8) is 0 Å². The number of nitrogens with one attached hydrogen (secondary N) is 3. The maximum atomic E-state index is 12.8. The predicted octanol–water partition coefficient (Wildman–Crippen LogP) is 1.94. The van der Waals surface area contributed by atoms with Crippen molar-refractivity contribution in [3.05, 3.63) is 69.5 Å². The van der Waals surface area contributed by atoms with E-state index in [2.05, 4.69) is 16.0 Å². The number of hydrogen-bond acceptors (Lipinski definition) is 5. The second kappa shape index (κ2) is 8.56. The van der Waals surface area contributed by atoms with E-state index < -0.39 is 16.6 Å². The summed E-state index contributed by atoms with van der Waals surface area (Å²) in [6.45, 7) is 0.523. The minimum atomic E-state index is -0.584. The number of amides is 2. The Morgan fingerprint density at radius 3 is 2.38 bits per heavy atom. The molecule has 136 valence electrons. The number of nitrogens with zero attached hydrogens (tertiary/aromatic N) is 1. The van der Waals surface area contributed by atoms with Gasteiger partial charge in [-0.15, -0.1) is 0 Å². The molecule has 0 radical (unpaired) electrons. The van der Waals surface area contributed by atoms with Gasteiger partial charge in [0, 0.05) is 43.5 Å². The predicted molar refractivity (Wildman–Crippen MR) is 93.7 cm³/mol. The SMILES string of the molecule is CNC(=O)c1cc([N+](=O)[O-])ccc1NCCNC(=O)c1ccc(F)cc1. The molecule has 0 aliphatic heterocycles. The topological polar surface area (TPSA) is 113 Å². The van der Waals surface area contributed by atoms with Crippen LogP contribution in [0.4, 0.5) is 15.8 Å². The van der Waals surface area contributed by atoms with E-state index in [9.17, 15) is 24.1 Å². The van der Waals surface area contributed by atoms with Crippen molar-refractivity contribution in [1.29, 1.82) is 0 Å². The first kappa shape index (κ1) is 18.8. The summed E-state index contributed by atoms with van der Waals surface area (Å²) < 4.78 is 12.8. The van der Waals surface area contributed by atoms with Crippen LogP contribution in [-0.4, -0.2) is 36.9 Å². The Bertz CT molecular complexity index is 824. The van der Waals surface area contributed by atoms with Crippen LogP contribution >= 0.6 is 0 Å². The van der Waals surface area contributed by atoms with Gasteiger partial charge in [0.25, 0.3) is 17.5 Å². The molecule has 8 nitrogen and oxygen atoms in total. The molecule has 0 aromatic heterocycles. The molecular weight excluding hydrogens is 343 g/mol. The molecule has 2 amide bonds. The van der Waals surface area contributed by atoms with Crippen LogP contribution in [0.5, 0.6) is 0 Å². The summed E-state index contributed by atoms with van der Waals surface area (Å²) in [5.74, 6) is -1.25. The molecule has 0 aliphatic carbocycles. The Morgan fingerprint density at radius 2 is 1.77 bits per heavy atom. The Morgan fingerprint density at radius 1 is 1.08 bits per heavy atom. The Kier molecular flexibility index (Phi) is 6.20. The van der Waals surface area contributed by atoms with Crippen molar-refractivity contribution in [1.82, 2.24) is 10.6 Å². The lowest BCUT2D eigenvalue weighted by atomic mass is 10.1. The van der Waals surface area contributed by atoms with Gasteiger partial charge in [-0.25, -0.2) is 4.39 Å². The number of benzene rings is 2. The molecule has 2 aromatic rings. The van der Waals surface area contributed by atoms with E-state index in [1.165, 1.54) is 49.5 Å². The number of rotatable bonds is 7. The second-order valence-electron chi connectivity index (χ2n) is 5.26. The number of anilines is 1. The quantitative estimate of drug-likeness (QED) is 0.397. The molecule has 0 bridgehead atoms. The van der Waals surface area contributed by atoms with Gasteiger partial charge in [0.2, 0.25) is 0 Å². The average Bonchev–Trinajstić information content (AvgIpc) is 2.64. The summed E-state index contributed by atoms with van der Waals surface area (Å²) in [5.41, 5.74) is 0.670. The third-order valence-corrected chi connectivity index (χ3v) is 3.52. The zero-order valence-corrected chi connectivity index (χ0v) is 13.9. The smallest absolute Gasteiger partial charge is 0.270 e. The molecule has 2 rings (SSSR count). The van der Waals surface area contributed by atoms with E-state index in [-0.39, 0.29) is 30.2 Å². The molecule has 0 heterocycles. The lowest BCUT2D eigenvalue weighted by Gasteiger charge is -2.12. The largest absolute Gasteiger partial charge is 0.383 e. The highest BCUT2D eigenvalue weighted by Gasteiger charge is 2.15. The minimum absolute atomic E-state index is 0.131. The Balaban J connectivity index is 1.96. The van der Waals surface area contributed by atoms with Crippen LogP contribution in [0.2, 0.25) is 0 Å². The first-order valence-electron chi connectivity index (χ1n) is 7.70. The number of hydrogen-bond donors (Lipinski definition) is 3. The van der Waals surface area contributed by atoms with Crippen LogP contribution < -0.4 is 16.0 Å². The molecule has 3 N–H and O–H groups in total. The molecule has 9 heteroatoms. The molecular formula is C17H17FN4O4. The zero-order valence-electron chi connectivity index (χ0n) is 13.9. The standard InChI is InChI=1S/C17H17FN4O4/c1-19-17(24)14-10-13(22(25)26)6-7-15(14)20-8-9-21-16(23)11-2-4-12(18)5-3-11/h2-7,10,20H,8-9H2,1H3,(H,19,24)(H,21,23). The minimum Gasteiger partial charge on any atom is -0.383 e. The van der Waals surface area contributed by atoms with E-state index >= 15 is 0 Å². The van der Waals surface area contributed by atoms with Crippen molar-refractivity contribution in [2.45, 2.75) is 0 Å². The van der Waals surface area contributed by atoms with Crippen LogP contribution in [0.15, 0.2) is 42.5 Å². The number of non-ortho nitro benzene ring substituents is 1. The van der Waals surface area contributed by atoms with E-state index in [0.717, 1.165) is 0 Å². The van der Waals surface area contributed by atoms with Gasteiger partial charge in [0.15, 0.2) is 0 Å². The molecule has 0 atom stereocenters. The normalized spacial score (nSPS) is 10.1. The first-order valence-corrected chi connectivity index (χ1v) is 7.70. The van der Waals surface area contributed by atoms with E-state index in [1.54, 1.807) is 0 Å². The fraction of sp³-hybridized carbons (Fsp3) is 0.176. The average molecular weight is 360 g/mol. The molecule has 0 unspecified atom stereocenters. The zero-order chi connectivity index (χ0) is 19.1. The lowest BCUT2D eigenvalue weighted by Crippen LogP contribution is -2.29. The summed E-state index contributed by atoms with van der Waals surface area (Å²) in [6.07, 6.45) is 0. The first-order chi connectivity index (χ1) is 12.4. The van der Waals surface area contributed by atoms with E-state index in [0.29, 0.717) is 11.3 Å². The van der Waals surface area contributed by atoms with Crippen LogP contribution in [0.1, 0.15) is 20.7 Å². The summed E-state index contributed by atoms with van der Waals surface area (Å²) in [4.78, 5) is 34.1. The maximum absolute atomic E-state index is 12.8. The summed E-state index contributed by atoms with van der Waals surface area (Å²) in [7, 11) is 1.42. The molecule has 26 heavy (non-hydrogen) atoms. The number of nitro groups is 1. The van der Waals surface area contributed by atoms with E-state index in [1.807, 2.05) is 0 Å². The van der Waals surface area contributed by atoms with Gasteiger partial charge in [-0.1, -0.05) is 0 Å². The van der Waals surface area contributed by atoms with Gasteiger partial charge < -0.3 is 16.0 Å². The van der Waals surface area contributed by atoms with E-state index in [4.69, 9.17) is 0 Å². The third-order valence-electron chi connectivity index (χ3n) is 3.52. The fourth-order valence-electron chi connectivity index (χ4n) is 2.20. The fourth-order valence-corrected chi connectivity index (χ4v) is 2.20. The van der Waals surface area contributed by atoms with Crippen LogP contribution in [0.25, 0.3) is 0 Å². The molecule has 0 saturated carbocycles. The van der Waals surface area contributed by atoms with Gasteiger partial charge in [-0.2, -0.15) is 0 Å². The van der Waals surface area contributed by atoms with Crippen LogP contribution in [0.3, 0.4) is 0 Å². The van der Waals surface area contributed by atoms with Gasteiger partial charge in [0.1, 0.15) is 5.82 Å². The van der Waals surface area contributed by atoms with Crippen molar-refractivity contribution >= 4 is 23.2 Å². The molecule has 2 aromatic carbocycles. The lowest BCUT2D eigenvalue weighted by molar-refractivity contribution is -0.384. The Labute approximate surface area is 148 Å². The van der Waals surface area contributed by atoms with Crippen molar-refractivity contribution in [2.24, 2.45) is 0 Å². The van der Waals surface area contributed by atoms with Crippen LogP contribution in [0, 0.1) is 15.9 Å². The van der Waals surface area contributed by atoms with Gasteiger partial charge >= 0.3 is 0 Å². The Hall–Kier alpha value is -3.49. The third kappa shape index (κ3) is 4.76. The number of carbonyl (C=O) groups is 2. The van der Waals surface area contributed by atoms with Crippen molar-refractivity contribution in [2.75, 3.05) is 25.5 Å². The highest BCUT2D eigenvalue weighted by molar-refractivity contribution is 6.00. The highest BCUT2D eigenvalue weighted by Crippen LogP contribution is 2.22. The van der Waals surface area contributed by atoms with Crippen molar-refractivity contribution < 1.29 is 18.9 Å². The molecule has 0 saturated heterocycles. The van der Waals surface area contributed by atoms with Gasteiger partial charge in [-0.05, 0) is 30.3 Å². The maximum Gasteiger partial charge on any atom is 0.270 e. The molecule has 0 fully saturated rings. The number of halogens is 1.